The number of benzene rings is 3. The number of fused-ring (bicyclic) bond motifs is 2. The first-order valence-corrected chi connectivity index (χ1v) is 23.9. The molecule has 4 N–H and O–H groups in total. The summed E-state index contributed by atoms with van der Waals surface area (Å²) in [6.45, 7) is 11.3. The minimum Gasteiger partial charge on any atom is -0.382 e. The van der Waals surface area contributed by atoms with Crippen LogP contribution >= 0.6 is 11.8 Å². The number of ether oxygens (including phenoxy) is 2. The molecule has 5 heterocycles. The van der Waals surface area contributed by atoms with Crippen LogP contribution in [0.15, 0.2) is 96.2 Å². The van der Waals surface area contributed by atoms with E-state index in [1.807, 2.05) is 61.0 Å². The van der Waals surface area contributed by atoms with Crippen molar-refractivity contribution in [3.8, 4) is 0 Å². The van der Waals surface area contributed by atoms with Crippen molar-refractivity contribution < 1.29 is 38.2 Å². The molecule has 17 heteroatoms. The number of anilines is 1. The number of carbonyl (C=O) groups is 6. The maximum atomic E-state index is 14.1. The van der Waals surface area contributed by atoms with Gasteiger partial charge in [-0.05, 0) is 77.6 Å². The molecule has 67 heavy (non-hydrogen) atoms. The normalized spacial score (nSPS) is 23.1. The van der Waals surface area contributed by atoms with Crippen molar-refractivity contribution in [1.82, 2.24) is 35.6 Å². The van der Waals surface area contributed by atoms with E-state index in [0.29, 0.717) is 50.8 Å². The zero-order valence-corrected chi connectivity index (χ0v) is 38.6. The van der Waals surface area contributed by atoms with Crippen LogP contribution in [-0.2, 0) is 30.4 Å². The average molecular weight is 929 g/mol. The van der Waals surface area contributed by atoms with E-state index >= 15 is 0 Å². The molecule has 0 radical (unpaired) electrons. The second kappa shape index (κ2) is 19.9. The lowest BCUT2D eigenvalue weighted by atomic mass is 9.85. The number of carbonyl (C=O) groups excluding carboxylic acids is 6. The van der Waals surface area contributed by atoms with E-state index in [-0.39, 0.29) is 41.7 Å². The Morgan fingerprint density at radius 2 is 1.67 bits per heavy atom. The summed E-state index contributed by atoms with van der Waals surface area (Å²) >= 11 is 1.48. The van der Waals surface area contributed by atoms with Crippen LogP contribution in [0.5, 0.6) is 0 Å². The molecule has 2 fully saturated rings. The highest BCUT2D eigenvalue weighted by molar-refractivity contribution is 8.03. The highest BCUT2D eigenvalue weighted by atomic mass is 32.2. The first-order valence-electron chi connectivity index (χ1n) is 23.0. The Morgan fingerprint density at radius 3 is 2.42 bits per heavy atom. The molecule has 0 saturated carbocycles. The topological polar surface area (TPSA) is 182 Å². The summed E-state index contributed by atoms with van der Waals surface area (Å²) in [4.78, 5) is 85.3. The van der Waals surface area contributed by atoms with Crippen LogP contribution in [0.4, 0.5) is 5.69 Å². The van der Waals surface area contributed by atoms with E-state index in [0.717, 1.165) is 60.7 Å². The zero-order valence-electron chi connectivity index (χ0n) is 37.8. The summed E-state index contributed by atoms with van der Waals surface area (Å²) in [7, 11) is 0. The van der Waals surface area contributed by atoms with Crippen LogP contribution in [-0.4, -0.2) is 132 Å². The Hall–Kier alpha value is -6.27. The molecule has 0 bridgehead atoms. The number of piperidine rings is 1. The van der Waals surface area contributed by atoms with E-state index in [1.165, 1.54) is 23.0 Å². The van der Waals surface area contributed by atoms with E-state index in [4.69, 9.17) is 9.47 Å². The molecular weight excluding hydrogens is 873 g/mol. The molecule has 0 aromatic heterocycles. The molecule has 3 aromatic rings. The smallest absolute Gasteiger partial charge is 0.264 e. The predicted molar refractivity (Wildman–Crippen MR) is 253 cm³/mol. The maximum absolute atomic E-state index is 14.1. The van der Waals surface area contributed by atoms with Crippen molar-refractivity contribution in [2.45, 2.75) is 56.7 Å². The van der Waals surface area contributed by atoms with Crippen LogP contribution < -0.4 is 21.3 Å². The second-order valence-electron chi connectivity index (χ2n) is 17.7. The Kier molecular flexibility index (Phi) is 13.6. The molecule has 4 atom stereocenters. The van der Waals surface area contributed by atoms with Gasteiger partial charge in [-0.1, -0.05) is 73.3 Å². The number of thioether (sulfide) groups is 1. The average Bonchev–Trinajstić information content (AvgIpc) is 3.98. The summed E-state index contributed by atoms with van der Waals surface area (Å²) in [5.41, 5.74) is 6.82. The zero-order chi connectivity index (χ0) is 46.7. The first kappa shape index (κ1) is 45.9. The molecule has 9 rings (SSSR count). The number of hydrogen-bond donors (Lipinski definition) is 4. The van der Waals surface area contributed by atoms with E-state index in [1.54, 1.807) is 23.1 Å². The molecule has 16 nitrogen and oxygen atoms in total. The second-order valence-corrected chi connectivity index (χ2v) is 19.1. The number of allylic oxidation sites excluding steroid dienone is 4. The Labute approximate surface area is 394 Å². The predicted octanol–water partition coefficient (Wildman–Crippen LogP) is 4.45. The van der Waals surface area contributed by atoms with Crippen LogP contribution in [0.1, 0.15) is 86.9 Å². The van der Waals surface area contributed by atoms with Crippen LogP contribution in [0.3, 0.4) is 0 Å². The van der Waals surface area contributed by atoms with Gasteiger partial charge in [-0.25, -0.2) is 0 Å². The molecule has 3 aromatic carbocycles. The van der Waals surface area contributed by atoms with Gasteiger partial charge < -0.3 is 35.2 Å². The van der Waals surface area contributed by atoms with Gasteiger partial charge in [-0.15, -0.1) is 0 Å². The number of imide groups is 2. The lowest BCUT2D eigenvalue weighted by Crippen LogP contribution is -2.54. The van der Waals surface area contributed by atoms with Gasteiger partial charge in [0.05, 0.1) is 37.6 Å². The van der Waals surface area contributed by atoms with Crippen LogP contribution in [0.25, 0.3) is 5.57 Å². The Bertz CT molecular complexity index is 2530. The van der Waals surface area contributed by atoms with Crippen LogP contribution in [0.2, 0.25) is 0 Å². The molecule has 1 aliphatic carbocycles. The van der Waals surface area contributed by atoms with Gasteiger partial charge in [-0.3, -0.25) is 43.9 Å². The fourth-order valence-corrected chi connectivity index (χ4v) is 10.4. The fraction of sp³-hybridized carbons (Fsp3) is 0.400. The van der Waals surface area contributed by atoms with Crippen LogP contribution in [0, 0.1) is 5.92 Å². The van der Waals surface area contributed by atoms with Gasteiger partial charge in [0.25, 0.3) is 17.7 Å². The molecule has 2 saturated heterocycles. The third kappa shape index (κ3) is 9.77. The highest BCUT2D eigenvalue weighted by Gasteiger charge is 2.46. The molecule has 6 aliphatic rings. The van der Waals surface area contributed by atoms with Crippen molar-refractivity contribution in [3.63, 3.8) is 0 Å². The molecule has 6 amide bonds. The Morgan fingerprint density at radius 1 is 0.881 bits per heavy atom. The van der Waals surface area contributed by atoms with Crippen molar-refractivity contribution in [3.05, 3.63) is 130 Å². The van der Waals surface area contributed by atoms with Gasteiger partial charge in [0.2, 0.25) is 17.7 Å². The number of nitrogens with zero attached hydrogens (tertiary/aromatic N) is 4. The lowest BCUT2D eigenvalue weighted by molar-refractivity contribution is -0.136. The maximum Gasteiger partial charge on any atom is 0.264 e. The number of rotatable bonds is 17. The van der Waals surface area contributed by atoms with Crippen molar-refractivity contribution in [1.29, 1.82) is 0 Å². The summed E-state index contributed by atoms with van der Waals surface area (Å²) < 4.78 is 11.6. The van der Waals surface area contributed by atoms with Gasteiger partial charge in [-0.2, -0.15) is 0 Å². The molecule has 350 valence electrons. The third-order valence-corrected chi connectivity index (χ3v) is 14.2. The van der Waals surface area contributed by atoms with Crippen molar-refractivity contribution in [2.24, 2.45) is 5.92 Å². The summed E-state index contributed by atoms with van der Waals surface area (Å²) in [5, 5.41) is 13.6. The van der Waals surface area contributed by atoms with E-state index in [9.17, 15) is 28.8 Å². The lowest BCUT2D eigenvalue weighted by Gasteiger charge is -2.39. The molecular formula is C50H56N8O8S. The minimum absolute atomic E-state index is 0.0658. The number of hydrogen-bond acceptors (Lipinski definition) is 13. The van der Waals surface area contributed by atoms with Gasteiger partial charge in [0.15, 0.2) is 4.99 Å². The largest absolute Gasteiger partial charge is 0.382 e. The van der Waals surface area contributed by atoms with E-state index < -0.39 is 40.7 Å². The first-order chi connectivity index (χ1) is 32.5. The molecule has 0 spiro atoms. The SMILES string of the molecule is CC1CC(N2CCN(CCOCCOCCNc3cccc4c3C(=O)N(C3CCC(=O)NC3=O)C4=O)CC2)=CC=C1c1ccc2c(c1)C(=O)N(C(C(=O)NC1(C)NC=CS1)c1ccccc1)C2. The van der Waals surface area contributed by atoms with Gasteiger partial charge in [0.1, 0.15) is 12.1 Å². The number of piperazine rings is 1. The quantitative estimate of drug-likeness (QED) is 0.110. The standard InChI is InChI=1S/C50H56N8O8S/c1-32-29-36(13-14-37(32)34-11-12-35-31-57(47(62)39(35)30-34)44(33-7-4-3-5-8-33)46(61)54-50(2)52-18-28-67-50)56-21-19-55(20-22-56)23-25-66-27-26-65-24-17-51-40-10-6-9-38-43(40)49(64)58(48(38)63)41-15-16-42(59)53-45(41)60/h3-14,18,28,30,32,41,44,51-52H,15-17,19-27,29,31H2,1-2H3,(H,54,61)(H,53,59,60). The summed E-state index contributed by atoms with van der Waals surface area (Å²) in [6.07, 6.45) is 7.33. The number of nitrogens with one attached hydrogen (secondary N) is 4. The third-order valence-electron chi connectivity index (χ3n) is 13.3. The Balaban J connectivity index is 0.697. The minimum atomic E-state index is -1.01. The molecule has 5 aliphatic heterocycles. The van der Waals surface area contributed by atoms with Crippen molar-refractivity contribution in [2.75, 3.05) is 71.0 Å². The monoisotopic (exact) mass is 928 g/mol. The summed E-state index contributed by atoms with van der Waals surface area (Å²) in [5.74, 6) is -2.27. The number of amides is 6. The fourth-order valence-electron chi connectivity index (χ4n) is 9.74. The molecule has 4 unspecified atom stereocenters. The van der Waals surface area contributed by atoms with Crippen molar-refractivity contribution >= 4 is 58.5 Å². The van der Waals surface area contributed by atoms with Gasteiger partial charge in [0, 0.05) is 75.4 Å². The van der Waals surface area contributed by atoms with Gasteiger partial charge >= 0.3 is 0 Å². The van der Waals surface area contributed by atoms with E-state index in [2.05, 4.69) is 56.2 Å². The highest BCUT2D eigenvalue weighted by Crippen LogP contribution is 2.39. The summed E-state index contributed by atoms with van der Waals surface area (Å²) in [6, 6.07) is 18.8.